The van der Waals surface area contributed by atoms with Crippen LogP contribution in [0.3, 0.4) is 0 Å². The summed E-state index contributed by atoms with van der Waals surface area (Å²) in [5.41, 5.74) is 2.93. The van der Waals surface area contributed by atoms with Crippen LogP contribution in [0.5, 0.6) is 5.75 Å². The predicted molar refractivity (Wildman–Crippen MR) is 91.7 cm³/mol. The highest BCUT2D eigenvalue weighted by Crippen LogP contribution is 2.34. The van der Waals surface area contributed by atoms with Crippen LogP contribution in [-0.2, 0) is 7.05 Å². The molecule has 0 radical (unpaired) electrons. The number of para-hydroxylation sites is 2. The number of aliphatic hydroxyl groups is 1. The maximum atomic E-state index is 10.9. The second-order valence-electron chi connectivity index (χ2n) is 5.75. The molecular formula is C19H22N2O2. The lowest BCUT2D eigenvalue weighted by Gasteiger charge is -2.22. The number of fused-ring (bicyclic) bond motifs is 1. The molecule has 2 aromatic carbocycles. The molecule has 0 aliphatic carbocycles. The van der Waals surface area contributed by atoms with E-state index in [1.165, 1.54) is 0 Å². The van der Waals surface area contributed by atoms with Gasteiger partial charge in [0.15, 0.2) is 0 Å². The molecule has 1 heterocycles. The third-order valence-corrected chi connectivity index (χ3v) is 4.43. The second-order valence-corrected chi connectivity index (χ2v) is 5.75. The summed E-state index contributed by atoms with van der Waals surface area (Å²) in [5, 5.41) is 10.9. The molecular weight excluding hydrogens is 288 g/mol. The van der Waals surface area contributed by atoms with Crippen LogP contribution in [0.2, 0.25) is 0 Å². The van der Waals surface area contributed by atoms with E-state index in [0.29, 0.717) is 0 Å². The first-order valence-electron chi connectivity index (χ1n) is 7.89. The third-order valence-electron chi connectivity index (χ3n) is 4.43. The Morgan fingerprint density at radius 2 is 1.83 bits per heavy atom. The molecule has 120 valence electrons. The molecule has 0 unspecified atom stereocenters. The van der Waals surface area contributed by atoms with E-state index < -0.39 is 6.10 Å². The molecule has 2 atom stereocenters. The zero-order valence-corrected chi connectivity index (χ0v) is 13.7. The number of aliphatic hydroxyl groups excluding tert-OH is 1. The molecule has 0 aliphatic heterocycles. The molecule has 3 aromatic rings. The fourth-order valence-corrected chi connectivity index (χ4v) is 3.08. The van der Waals surface area contributed by atoms with Crippen LogP contribution in [0, 0.1) is 0 Å². The number of imidazole rings is 1. The first kappa shape index (κ1) is 15.6. The van der Waals surface area contributed by atoms with E-state index >= 15 is 0 Å². The summed E-state index contributed by atoms with van der Waals surface area (Å²) in [5.74, 6) is 1.65. The van der Waals surface area contributed by atoms with Gasteiger partial charge in [0.1, 0.15) is 11.6 Å². The van der Waals surface area contributed by atoms with E-state index in [1.54, 1.807) is 7.11 Å². The first-order chi connectivity index (χ1) is 11.2. The Kier molecular flexibility index (Phi) is 4.35. The number of hydrogen-bond donors (Lipinski definition) is 1. The molecule has 4 heteroatoms. The lowest BCUT2D eigenvalue weighted by Crippen LogP contribution is -2.14. The zero-order chi connectivity index (χ0) is 16.4. The third kappa shape index (κ3) is 2.82. The monoisotopic (exact) mass is 310 g/mol. The van der Waals surface area contributed by atoms with Crippen molar-refractivity contribution in [2.75, 3.05) is 7.11 Å². The molecule has 3 rings (SSSR count). The zero-order valence-electron chi connectivity index (χ0n) is 13.7. The minimum atomic E-state index is -0.596. The number of aromatic nitrogens is 2. The van der Waals surface area contributed by atoms with Crippen molar-refractivity contribution in [3.8, 4) is 5.75 Å². The van der Waals surface area contributed by atoms with Gasteiger partial charge in [-0.1, -0.05) is 31.2 Å². The van der Waals surface area contributed by atoms with E-state index in [2.05, 4.69) is 17.6 Å². The van der Waals surface area contributed by atoms with Crippen LogP contribution in [0.1, 0.15) is 36.8 Å². The fraction of sp³-hybridized carbons (Fsp3) is 0.316. The second kappa shape index (κ2) is 6.42. The average molecular weight is 310 g/mol. The van der Waals surface area contributed by atoms with Gasteiger partial charge in [0.2, 0.25) is 0 Å². The number of hydrogen-bond acceptors (Lipinski definition) is 3. The maximum absolute atomic E-state index is 10.9. The molecule has 0 fully saturated rings. The lowest BCUT2D eigenvalue weighted by molar-refractivity contribution is 0.137. The van der Waals surface area contributed by atoms with Crippen LogP contribution < -0.4 is 4.74 Å². The Labute approximate surface area is 136 Å². The van der Waals surface area contributed by atoms with Crippen molar-refractivity contribution in [1.82, 2.24) is 9.55 Å². The van der Waals surface area contributed by atoms with Crippen molar-refractivity contribution >= 4 is 11.0 Å². The topological polar surface area (TPSA) is 47.3 Å². The van der Waals surface area contributed by atoms with Crippen molar-refractivity contribution in [3.63, 3.8) is 0 Å². The number of ether oxygens (including phenoxy) is 1. The summed E-state index contributed by atoms with van der Waals surface area (Å²) in [6.45, 7) is 2.08. The molecule has 0 aliphatic rings. The molecule has 0 bridgehead atoms. The maximum Gasteiger partial charge on any atom is 0.118 e. The Morgan fingerprint density at radius 3 is 2.43 bits per heavy atom. The van der Waals surface area contributed by atoms with Gasteiger partial charge >= 0.3 is 0 Å². The summed E-state index contributed by atoms with van der Waals surface area (Å²) < 4.78 is 7.26. The highest BCUT2D eigenvalue weighted by molar-refractivity contribution is 5.75. The molecule has 4 nitrogen and oxygen atoms in total. The SMILES string of the molecule is CC[C@@H](c1nc2ccccc2n1C)[C@H](O)c1ccc(OC)cc1. The van der Waals surface area contributed by atoms with Crippen molar-refractivity contribution < 1.29 is 9.84 Å². The smallest absolute Gasteiger partial charge is 0.118 e. The van der Waals surface area contributed by atoms with Gasteiger partial charge in [-0.3, -0.25) is 0 Å². The van der Waals surface area contributed by atoms with Gasteiger partial charge < -0.3 is 14.4 Å². The Bertz CT molecular complexity index is 793. The van der Waals surface area contributed by atoms with Crippen LogP contribution >= 0.6 is 0 Å². The lowest BCUT2D eigenvalue weighted by atomic mass is 9.92. The normalized spacial score (nSPS) is 13.9. The number of aryl methyl sites for hydroxylation is 1. The van der Waals surface area contributed by atoms with E-state index in [9.17, 15) is 5.11 Å². The highest BCUT2D eigenvalue weighted by atomic mass is 16.5. The number of methoxy groups -OCH3 is 1. The van der Waals surface area contributed by atoms with Gasteiger partial charge in [-0.05, 0) is 36.2 Å². The van der Waals surface area contributed by atoms with Crippen molar-refractivity contribution in [2.45, 2.75) is 25.4 Å². The van der Waals surface area contributed by atoms with Gasteiger partial charge in [0.25, 0.3) is 0 Å². The molecule has 1 N–H and O–H groups in total. The van der Waals surface area contributed by atoms with E-state index in [0.717, 1.165) is 34.6 Å². The number of benzene rings is 2. The van der Waals surface area contributed by atoms with Gasteiger partial charge in [-0.2, -0.15) is 0 Å². The van der Waals surface area contributed by atoms with Crippen molar-refractivity contribution in [1.29, 1.82) is 0 Å². The fourth-order valence-electron chi connectivity index (χ4n) is 3.08. The summed E-state index contributed by atoms with van der Waals surface area (Å²) in [6, 6.07) is 15.6. The summed E-state index contributed by atoms with van der Waals surface area (Å²) in [4.78, 5) is 4.74. The average Bonchev–Trinajstić information content (AvgIpc) is 2.93. The first-order valence-corrected chi connectivity index (χ1v) is 7.89. The molecule has 0 spiro atoms. The van der Waals surface area contributed by atoms with Gasteiger partial charge in [-0.25, -0.2) is 4.98 Å². The van der Waals surface area contributed by atoms with Crippen LogP contribution in [-0.4, -0.2) is 21.8 Å². The van der Waals surface area contributed by atoms with Crippen LogP contribution in [0.25, 0.3) is 11.0 Å². The standard InChI is InChI=1S/C19H22N2O2/c1-4-15(18(22)13-9-11-14(23-3)12-10-13)19-20-16-7-5-6-8-17(16)21(19)2/h5-12,15,18,22H,4H2,1-3H3/t15-,18-/m1/s1. The Morgan fingerprint density at radius 1 is 1.13 bits per heavy atom. The molecule has 23 heavy (non-hydrogen) atoms. The Hall–Kier alpha value is -2.33. The van der Waals surface area contributed by atoms with Crippen LogP contribution in [0.4, 0.5) is 0 Å². The summed E-state index contributed by atoms with van der Waals surface area (Å²) >= 11 is 0. The Balaban J connectivity index is 1.98. The minimum Gasteiger partial charge on any atom is -0.497 e. The summed E-state index contributed by atoms with van der Waals surface area (Å²) in [6.07, 6.45) is 0.214. The van der Waals surface area contributed by atoms with E-state index in [-0.39, 0.29) is 5.92 Å². The van der Waals surface area contributed by atoms with E-state index in [4.69, 9.17) is 9.72 Å². The summed E-state index contributed by atoms with van der Waals surface area (Å²) in [7, 11) is 3.65. The molecule has 1 aromatic heterocycles. The van der Waals surface area contributed by atoms with Crippen LogP contribution in [0.15, 0.2) is 48.5 Å². The van der Waals surface area contributed by atoms with Crippen molar-refractivity contribution in [2.24, 2.45) is 7.05 Å². The number of rotatable bonds is 5. The van der Waals surface area contributed by atoms with E-state index in [1.807, 2.05) is 49.5 Å². The number of nitrogens with zero attached hydrogens (tertiary/aromatic N) is 2. The highest BCUT2D eigenvalue weighted by Gasteiger charge is 2.25. The van der Waals surface area contributed by atoms with Gasteiger partial charge in [-0.15, -0.1) is 0 Å². The quantitative estimate of drug-likeness (QED) is 0.779. The van der Waals surface area contributed by atoms with Crippen molar-refractivity contribution in [3.05, 3.63) is 59.9 Å². The molecule has 0 saturated heterocycles. The predicted octanol–water partition coefficient (Wildman–Crippen LogP) is 3.81. The largest absolute Gasteiger partial charge is 0.497 e. The molecule has 0 saturated carbocycles. The molecule has 0 amide bonds. The van der Waals surface area contributed by atoms with Gasteiger partial charge in [0.05, 0.1) is 24.2 Å². The minimum absolute atomic E-state index is 0.0548. The van der Waals surface area contributed by atoms with Gasteiger partial charge in [0, 0.05) is 13.0 Å².